The Balaban J connectivity index is 1.91. The van der Waals surface area contributed by atoms with Crippen LogP contribution in [-0.4, -0.2) is 18.8 Å². The van der Waals surface area contributed by atoms with E-state index in [4.69, 9.17) is 4.74 Å². The van der Waals surface area contributed by atoms with Crippen LogP contribution < -0.4 is 5.32 Å². The molecule has 0 saturated carbocycles. The Kier molecular flexibility index (Phi) is 4.37. The number of benzene rings is 1. The van der Waals surface area contributed by atoms with E-state index in [1.807, 2.05) is 0 Å². The predicted molar refractivity (Wildman–Crippen MR) is 87.5 cm³/mol. The van der Waals surface area contributed by atoms with Gasteiger partial charge in [0.1, 0.15) is 0 Å². The van der Waals surface area contributed by atoms with Gasteiger partial charge in [0.15, 0.2) is 0 Å². The smallest absolute Gasteiger partial charge is 0.0600 e. The number of hydrogen-bond acceptors (Lipinski definition) is 2. The van der Waals surface area contributed by atoms with E-state index < -0.39 is 0 Å². The number of rotatable bonds is 4. The van der Waals surface area contributed by atoms with Crippen LogP contribution in [0.2, 0.25) is 0 Å². The lowest BCUT2D eigenvalue weighted by Gasteiger charge is -2.30. The molecular weight excluding hydrogens is 258 g/mol. The van der Waals surface area contributed by atoms with Crippen LogP contribution in [0, 0.1) is 11.8 Å². The summed E-state index contributed by atoms with van der Waals surface area (Å²) in [5.74, 6) is 1.15. The lowest BCUT2D eigenvalue weighted by molar-refractivity contribution is 0.0475. The predicted octanol–water partition coefficient (Wildman–Crippen LogP) is 3.89. The first-order valence-electron chi connectivity index (χ1n) is 8.62. The van der Waals surface area contributed by atoms with Crippen LogP contribution in [0.4, 0.5) is 0 Å². The third kappa shape index (κ3) is 2.76. The normalized spacial score (nSPS) is 33.1. The lowest BCUT2D eigenvalue weighted by atomic mass is 9.80. The molecule has 116 valence electrons. The summed E-state index contributed by atoms with van der Waals surface area (Å²) in [5, 5.41) is 3.73. The van der Waals surface area contributed by atoms with Gasteiger partial charge in [-0.2, -0.15) is 0 Å². The monoisotopic (exact) mass is 287 g/mol. The minimum absolute atomic E-state index is 0.326. The van der Waals surface area contributed by atoms with Crippen molar-refractivity contribution in [1.82, 2.24) is 5.32 Å². The molecule has 5 unspecified atom stereocenters. The highest BCUT2D eigenvalue weighted by atomic mass is 16.5. The van der Waals surface area contributed by atoms with Gasteiger partial charge in [-0.1, -0.05) is 32.0 Å². The van der Waals surface area contributed by atoms with Crippen molar-refractivity contribution in [3.63, 3.8) is 0 Å². The first kappa shape index (κ1) is 15.1. The highest BCUT2D eigenvalue weighted by Gasteiger charge is 2.42. The molecule has 1 aliphatic heterocycles. The maximum Gasteiger partial charge on any atom is 0.0600 e. The molecule has 1 N–H and O–H groups in total. The first-order chi connectivity index (χ1) is 10.1. The Bertz CT molecular complexity index is 498. The van der Waals surface area contributed by atoms with Gasteiger partial charge in [-0.25, -0.2) is 0 Å². The number of aryl methyl sites for hydroxylation is 2. The molecule has 2 aliphatic rings. The molecule has 0 aromatic heterocycles. The largest absolute Gasteiger partial charge is 0.375 e. The SMILES string of the molecule is CCNC(c1ccc2c(c1)CCC2)C1C(C)OC(C)C1C. The molecule has 1 aromatic carbocycles. The summed E-state index contributed by atoms with van der Waals surface area (Å²) in [5.41, 5.74) is 4.59. The van der Waals surface area contributed by atoms with Crippen LogP contribution in [0.15, 0.2) is 18.2 Å². The van der Waals surface area contributed by atoms with E-state index in [9.17, 15) is 0 Å². The number of hydrogen-bond donors (Lipinski definition) is 1. The Morgan fingerprint density at radius 1 is 1.14 bits per heavy atom. The van der Waals surface area contributed by atoms with E-state index in [0.717, 1.165) is 6.54 Å². The molecule has 21 heavy (non-hydrogen) atoms. The van der Waals surface area contributed by atoms with Crippen LogP contribution in [0.1, 0.15) is 56.8 Å². The van der Waals surface area contributed by atoms with Gasteiger partial charge in [0.2, 0.25) is 0 Å². The highest BCUT2D eigenvalue weighted by Crippen LogP contribution is 2.41. The molecule has 3 rings (SSSR count). The second-order valence-electron chi connectivity index (χ2n) is 6.90. The summed E-state index contributed by atoms with van der Waals surface area (Å²) in [6, 6.07) is 7.57. The van der Waals surface area contributed by atoms with Crippen LogP contribution in [0.25, 0.3) is 0 Å². The third-order valence-electron chi connectivity index (χ3n) is 5.61. The summed E-state index contributed by atoms with van der Waals surface area (Å²) in [6.07, 6.45) is 4.52. The van der Waals surface area contributed by atoms with Gasteiger partial charge in [-0.05, 0) is 62.3 Å². The van der Waals surface area contributed by atoms with Crippen molar-refractivity contribution in [3.05, 3.63) is 34.9 Å². The van der Waals surface area contributed by atoms with Gasteiger partial charge in [0, 0.05) is 12.0 Å². The van der Waals surface area contributed by atoms with Gasteiger partial charge in [0.05, 0.1) is 12.2 Å². The Morgan fingerprint density at radius 3 is 2.57 bits per heavy atom. The summed E-state index contributed by atoms with van der Waals surface area (Å²) in [4.78, 5) is 0. The molecule has 1 aromatic rings. The second-order valence-corrected chi connectivity index (χ2v) is 6.90. The Labute approximate surface area is 129 Å². The molecule has 1 fully saturated rings. The van der Waals surface area contributed by atoms with Crippen LogP contribution in [0.3, 0.4) is 0 Å². The molecule has 1 saturated heterocycles. The Morgan fingerprint density at radius 2 is 1.90 bits per heavy atom. The minimum atomic E-state index is 0.326. The van der Waals surface area contributed by atoms with Crippen molar-refractivity contribution >= 4 is 0 Å². The molecule has 1 aliphatic carbocycles. The van der Waals surface area contributed by atoms with Crippen molar-refractivity contribution < 1.29 is 4.74 Å². The second kappa shape index (κ2) is 6.10. The zero-order chi connectivity index (χ0) is 15.0. The Hall–Kier alpha value is -0.860. The maximum atomic E-state index is 6.09. The molecule has 5 atom stereocenters. The summed E-state index contributed by atoms with van der Waals surface area (Å²) in [7, 11) is 0. The number of ether oxygens (including phenoxy) is 1. The average Bonchev–Trinajstić information content (AvgIpc) is 3.02. The van der Waals surface area contributed by atoms with Crippen molar-refractivity contribution in [1.29, 1.82) is 0 Å². The van der Waals surface area contributed by atoms with E-state index in [1.54, 1.807) is 11.1 Å². The van der Waals surface area contributed by atoms with Crippen molar-refractivity contribution in [2.45, 2.75) is 65.2 Å². The standard InChI is InChI=1S/C19H29NO/c1-5-20-19(18-12(2)13(3)21-14(18)4)17-10-9-15-7-6-8-16(15)11-17/h9-14,18-20H,5-8H2,1-4H3. The summed E-state index contributed by atoms with van der Waals surface area (Å²) in [6.45, 7) is 10.0. The number of nitrogens with one attached hydrogen (secondary N) is 1. The zero-order valence-electron chi connectivity index (χ0n) is 13.9. The van der Waals surface area contributed by atoms with Crippen molar-refractivity contribution in [2.75, 3.05) is 6.54 Å². The van der Waals surface area contributed by atoms with Crippen molar-refractivity contribution in [3.8, 4) is 0 Å². The van der Waals surface area contributed by atoms with E-state index >= 15 is 0 Å². The lowest BCUT2D eigenvalue weighted by Crippen LogP contribution is -2.35. The molecule has 0 amide bonds. The molecule has 2 heteroatoms. The van der Waals surface area contributed by atoms with Crippen LogP contribution >= 0.6 is 0 Å². The van der Waals surface area contributed by atoms with Gasteiger partial charge in [-0.15, -0.1) is 0 Å². The van der Waals surface area contributed by atoms with E-state index in [1.165, 1.54) is 24.8 Å². The fourth-order valence-corrected chi connectivity index (χ4v) is 4.35. The first-order valence-corrected chi connectivity index (χ1v) is 8.62. The summed E-state index contributed by atoms with van der Waals surface area (Å²) >= 11 is 0. The molecule has 1 heterocycles. The van der Waals surface area contributed by atoms with E-state index in [2.05, 4.69) is 51.2 Å². The molecule has 2 nitrogen and oxygen atoms in total. The van der Waals surface area contributed by atoms with Crippen LogP contribution in [-0.2, 0) is 17.6 Å². The van der Waals surface area contributed by atoms with Gasteiger partial charge >= 0.3 is 0 Å². The quantitative estimate of drug-likeness (QED) is 0.907. The van der Waals surface area contributed by atoms with Crippen LogP contribution in [0.5, 0.6) is 0 Å². The zero-order valence-corrected chi connectivity index (χ0v) is 13.9. The maximum absolute atomic E-state index is 6.09. The van der Waals surface area contributed by atoms with E-state index in [0.29, 0.717) is 30.1 Å². The van der Waals surface area contributed by atoms with E-state index in [-0.39, 0.29) is 0 Å². The topological polar surface area (TPSA) is 21.3 Å². The minimum Gasteiger partial charge on any atom is -0.375 e. The fraction of sp³-hybridized carbons (Fsp3) is 0.684. The molecule has 0 bridgehead atoms. The molecular formula is C19H29NO. The van der Waals surface area contributed by atoms with Gasteiger partial charge in [-0.3, -0.25) is 0 Å². The fourth-order valence-electron chi connectivity index (χ4n) is 4.35. The average molecular weight is 287 g/mol. The molecule has 0 spiro atoms. The summed E-state index contributed by atoms with van der Waals surface area (Å²) < 4.78 is 6.09. The number of fused-ring (bicyclic) bond motifs is 1. The molecule has 0 radical (unpaired) electrons. The highest BCUT2D eigenvalue weighted by molar-refractivity contribution is 5.37. The van der Waals surface area contributed by atoms with Gasteiger partial charge < -0.3 is 10.1 Å². The van der Waals surface area contributed by atoms with Crippen molar-refractivity contribution in [2.24, 2.45) is 11.8 Å². The third-order valence-corrected chi connectivity index (χ3v) is 5.61. The van der Waals surface area contributed by atoms with Gasteiger partial charge in [0.25, 0.3) is 0 Å².